The SMILES string of the molecule is CCOc1cccc2c1NC(c1ccc3c(c1)c1ccccc1n3CC)C1CC=CC21. The van der Waals surface area contributed by atoms with E-state index in [-0.39, 0.29) is 6.04 Å². The van der Waals surface area contributed by atoms with Crippen LogP contribution < -0.4 is 10.1 Å². The van der Waals surface area contributed by atoms with Crippen molar-refractivity contribution in [3.05, 3.63) is 83.9 Å². The molecule has 0 saturated carbocycles. The zero-order valence-electron chi connectivity index (χ0n) is 18.1. The van der Waals surface area contributed by atoms with E-state index in [0.717, 1.165) is 18.7 Å². The Labute approximate surface area is 183 Å². The highest BCUT2D eigenvalue weighted by molar-refractivity contribution is 6.08. The van der Waals surface area contributed by atoms with Gasteiger partial charge in [-0.15, -0.1) is 0 Å². The number of aryl methyl sites for hydroxylation is 1. The molecule has 2 aliphatic rings. The van der Waals surface area contributed by atoms with E-state index in [9.17, 15) is 0 Å². The van der Waals surface area contributed by atoms with Crippen molar-refractivity contribution < 1.29 is 4.74 Å². The predicted molar refractivity (Wildman–Crippen MR) is 129 cm³/mol. The van der Waals surface area contributed by atoms with Crippen molar-refractivity contribution in [1.29, 1.82) is 0 Å². The van der Waals surface area contributed by atoms with E-state index in [2.05, 4.69) is 96.5 Å². The van der Waals surface area contributed by atoms with Gasteiger partial charge >= 0.3 is 0 Å². The first-order chi connectivity index (χ1) is 15.3. The van der Waals surface area contributed by atoms with E-state index in [1.165, 1.54) is 38.6 Å². The van der Waals surface area contributed by atoms with Crippen molar-refractivity contribution in [2.24, 2.45) is 5.92 Å². The molecule has 31 heavy (non-hydrogen) atoms. The van der Waals surface area contributed by atoms with E-state index in [1.54, 1.807) is 0 Å². The lowest BCUT2D eigenvalue weighted by atomic mass is 9.76. The van der Waals surface area contributed by atoms with Gasteiger partial charge in [-0.1, -0.05) is 48.6 Å². The van der Waals surface area contributed by atoms with E-state index in [1.807, 2.05) is 0 Å². The second-order valence-corrected chi connectivity index (χ2v) is 8.67. The topological polar surface area (TPSA) is 26.2 Å². The molecular weight excluding hydrogens is 380 g/mol. The van der Waals surface area contributed by atoms with Gasteiger partial charge in [-0.05, 0) is 61.6 Å². The summed E-state index contributed by atoms with van der Waals surface area (Å²) in [6.45, 7) is 5.93. The average Bonchev–Trinajstić information content (AvgIpc) is 3.42. The molecule has 1 aliphatic heterocycles. The highest BCUT2D eigenvalue weighted by atomic mass is 16.5. The van der Waals surface area contributed by atoms with Crippen LogP contribution in [-0.2, 0) is 6.54 Å². The molecule has 0 amide bonds. The van der Waals surface area contributed by atoms with Crippen molar-refractivity contribution in [3.63, 3.8) is 0 Å². The second-order valence-electron chi connectivity index (χ2n) is 8.67. The van der Waals surface area contributed by atoms with Gasteiger partial charge in [0.2, 0.25) is 0 Å². The quantitative estimate of drug-likeness (QED) is 0.367. The molecule has 1 N–H and O–H groups in total. The Kier molecular flexibility index (Phi) is 4.31. The molecular formula is C28H28N2O. The third-order valence-electron chi connectivity index (χ3n) is 7.13. The number of allylic oxidation sites excluding steroid dienone is 2. The molecule has 0 saturated heterocycles. The van der Waals surface area contributed by atoms with Crippen LogP contribution in [0.1, 0.15) is 43.4 Å². The first-order valence-electron chi connectivity index (χ1n) is 11.5. The number of hydrogen-bond donors (Lipinski definition) is 1. The molecule has 4 aromatic rings. The molecule has 156 valence electrons. The molecule has 3 unspecified atom stereocenters. The number of benzene rings is 3. The van der Waals surface area contributed by atoms with Gasteiger partial charge in [-0.3, -0.25) is 0 Å². The Morgan fingerprint density at radius 3 is 2.71 bits per heavy atom. The normalized spacial score (nSPS) is 21.8. The van der Waals surface area contributed by atoms with Crippen LogP contribution in [0.5, 0.6) is 5.75 Å². The van der Waals surface area contributed by atoms with Gasteiger partial charge in [0.15, 0.2) is 0 Å². The molecule has 0 fully saturated rings. The molecule has 6 rings (SSSR count). The summed E-state index contributed by atoms with van der Waals surface area (Å²) in [5, 5.41) is 6.59. The first kappa shape index (κ1) is 18.6. The highest BCUT2D eigenvalue weighted by Crippen LogP contribution is 2.52. The summed E-state index contributed by atoms with van der Waals surface area (Å²) in [6, 6.07) is 22.6. The van der Waals surface area contributed by atoms with Crippen LogP contribution in [0, 0.1) is 5.92 Å². The van der Waals surface area contributed by atoms with Crippen LogP contribution in [0.2, 0.25) is 0 Å². The van der Waals surface area contributed by atoms with Crippen LogP contribution in [-0.4, -0.2) is 11.2 Å². The zero-order chi connectivity index (χ0) is 20.9. The zero-order valence-corrected chi connectivity index (χ0v) is 18.1. The second kappa shape index (κ2) is 7.19. The summed E-state index contributed by atoms with van der Waals surface area (Å²) < 4.78 is 8.41. The largest absolute Gasteiger partial charge is 0.492 e. The number of hydrogen-bond acceptors (Lipinski definition) is 2. The van der Waals surface area contributed by atoms with E-state index >= 15 is 0 Å². The van der Waals surface area contributed by atoms with Gasteiger partial charge in [0.05, 0.1) is 18.3 Å². The van der Waals surface area contributed by atoms with Crippen LogP contribution >= 0.6 is 0 Å². The highest BCUT2D eigenvalue weighted by Gasteiger charge is 2.39. The van der Waals surface area contributed by atoms with E-state index in [4.69, 9.17) is 4.74 Å². The van der Waals surface area contributed by atoms with Crippen molar-refractivity contribution in [2.75, 3.05) is 11.9 Å². The van der Waals surface area contributed by atoms with Crippen LogP contribution in [0.4, 0.5) is 5.69 Å². The monoisotopic (exact) mass is 408 g/mol. The Balaban J connectivity index is 1.51. The lowest BCUT2D eigenvalue weighted by Crippen LogP contribution is -2.29. The number of rotatable bonds is 4. The Morgan fingerprint density at radius 2 is 1.84 bits per heavy atom. The molecule has 2 heterocycles. The van der Waals surface area contributed by atoms with Gasteiger partial charge in [0.25, 0.3) is 0 Å². The Morgan fingerprint density at radius 1 is 0.968 bits per heavy atom. The molecule has 3 atom stereocenters. The maximum Gasteiger partial charge on any atom is 0.142 e. The average molecular weight is 409 g/mol. The maximum absolute atomic E-state index is 5.99. The number of fused-ring (bicyclic) bond motifs is 6. The smallest absolute Gasteiger partial charge is 0.142 e. The van der Waals surface area contributed by atoms with E-state index < -0.39 is 0 Å². The van der Waals surface area contributed by atoms with Gasteiger partial charge in [0.1, 0.15) is 5.75 Å². The summed E-state index contributed by atoms with van der Waals surface area (Å²) >= 11 is 0. The summed E-state index contributed by atoms with van der Waals surface area (Å²) in [4.78, 5) is 0. The van der Waals surface area contributed by atoms with Gasteiger partial charge in [0, 0.05) is 34.3 Å². The Hall–Kier alpha value is -3.20. The number of nitrogens with one attached hydrogen (secondary N) is 1. The summed E-state index contributed by atoms with van der Waals surface area (Å²) in [6.07, 6.45) is 5.86. The molecule has 0 bridgehead atoms. The fourth-order valence-electron chi connectivity index (χ4n) is 5.80. The minimum Gasteiger partial charge on any atom is -0.492 e. The van der Waals surface area contributed by atoms with Crippen LogP contribution in [0.15, 0.2) is 72.8 Å². The van der Waals surface area contributed by atoms with Crippen molar-refractivity contribution in [2.45, 2.75) is 38.8 Å². The van der Waals surface area contributed by atoms with Gasteiger partial charge < -0.3 is 14.6 Å². The third kappa shape index (κ3) is 2.72. The molecule has 0 spiro atoms. The summed E-state index contributed by atoms with van der Waals surface area (Å²) in [5.41, 5.74) is 6.53. The van der Waals surface area contributed by atoms with Crippen molar-refractivity contribution >= 4 is 27.5 Å². The number of ether oxygens (including phenoxy) is 1. The fraction of sp³-hybridized carbons (Fsp3) is 0.286. The maximum atomic E-state index is 5.99. The first-order valence-corrected chi connectivity index (χ1v) is 11.5. The lowest BCUT2D eigenvalue weighted by Gasteiger charge is -2.38. The molecule has 1 aliphatic carbocycles. The molecule has 3 nitrogen and oxygen atoms in total. The molecule has 0 radical (unpaired) electrons. The number of aromatic nitrogens is 1. The number of para-hydroxylation sites is 2. The van der Waals surface area contributed by atoms with Crippen molar-refractivity contribution in [1.82, 2.24) is 4.57 Å². The third-order valence-corrected chi connectivity index (χ3v) is 7.13. The number of anilines is 1. The minimum absolute atomic E-state index is 0.266. The van der Waals surface area contributed by atoms with E-state index in [0.29, 0.717) is 18.4 Å². The van der Waals surface area contributed by atoms with Crippen LogP contribution in [0.3, 0.4) is 0 Å². The van der Waals surface area contributed by atoms with Gasteiger partial charge in [-0.25, -0.2) is 0 Å². The van der Waals surface area contributed by atoms with Crippen LogP contribution in [0.25, 0.3) is 21.8 Å². The summed E-state index contributed by atoms with van der Waals surface area (Å²) in [7, 11) is 0. The minimum atomic E-state index is 0.266. The van der Waals surface area contributed by atoms with Crippen molar-refractivity contribution in [3.8, 4) is 5.75 Å². The fourth-order valence-corrected chi connectivity index (χ4v) is 5.80. The molecule has 3 heteroatoms. The number of nitrogens with zero attached hydrogens (tertiary/aromatic N) is 1. The lowest BCUT2D eigenvalue weighted by molar-refractivity contribution is 0.337. The Bertz CT molecular complexity index is 1320. The van der Waals surface area contributed by atoms with Gasteiger partial charge in [-0.2, -0.15) is 0 Å². The summed E-state index contributed by atoms with van der Waals surface area (Å²) in [5.74, 6) is 1.93. The standard InChI is InChI=1S/C28H28N2O/c1-3-30-24-13-6-5-9-20(24)23-17-18(15-16-25(23)30)27-21-11-7-10-19(21)22-12-8-14-26(31-4-2)28(22)29-27/h5-10,12-17,19,21,27,29H,3-4,11H2,1-2H3. The molecule has 3 aromatic carbocycles. The predicted octanol–water partition coefficient (Wildman–Crippen LogP) is 7.04. The molecule has 1 aromatic heterocycles.